The van der Waals surface area contributed by atoms with Crippen molar-refractivity contribution in [3.05, 3.63) is 27.6 Å². The first-order valence-corrected chi connectivity index (χ1v) is 5.84. The molecule has 6 heteroatoms. The molecule has 0 unspecified atom stereocenters. The normalized spacial score (nSPS) is 21.8. The van der Waals surface area contributed by atoms with Crippen LogP contribution in [0.3, 0.4) is 0 Å². The molecule has 0 atom stereocenters. The number of aromatic nitrogens is 1. The number of hydrogen-bond donors (Lipinski definition) is 1. The zero-order valence-corrected chi connectivity index (χ0v) is 11.1. The van der Waals surface area contributed by atoms with E-state index in [-0.39, 0.29) is 10.5 Å². The lowest BCUT2D eigenvalue weighted by atomic mass is 9.80. The molecule has 0 aliphatic carbocycles. The van der Waals surface area contributed by atoms with Gasteiger partial charge in [-0.15, -0.1) is 0 Å². The highest BCUT2D eigenvalue weighted by Crippen LogP contribution is 2.36. The van der Waals surface area contributed by atoms with Gasteiger partial charge < -0.3 is 14.3 Å². The minimum absolute atomic E-state index is 0.136. The van der Waals surface area contributed by atoms with Gasteiger partial charge in [-0.3, -0.25) is 4.79 Å². The largest absolute Gasteiger partial charge is 0.500 e. The maximum Gasteiger partial charge on any atom is 0.500 e. The second-order valence-electron chi connectivity index (χ2n) is 5.18. The van der Waals surface area contributed by atoms with Gasteiger partial charge in [0, 0.05) is 17.9 Å². The van der Waals surface area contributed by atoms with Crippen LogP contribution in [-0.2, 0) is 9.31 Å². The first kappa shape index (κ1) is 12.7. The lowest BCUT2D eigenvalue weighted by Gasteiger charge is -2.32. The highest BCUT2D eigenvalue weighted by molar-refractivity contribution is 6.62. The molecule has 0 aromatic carbocycles. The van der Waals surface area contributed by atoms with Gasteiger partial charge in [0.15, 0.2) is 5.43 Å². The Morgan fingerprint density at radius 1 is 1.18 bits per heavy atom. The van der Waals surface area contributed by atoms with Crippen LogP contribution in [0, 0.1) is 0 Å². The minimum Gasteiger partial charge on any atom is -0.399 e. The van der Waals surface area contributed by atoms with E-state index in [4.69, 9.17) is 20.9 Å². The van der Waals surface area contributed by atoms with E-state index >= 15 is 0 Å². The third kappa shape index (κ3) is 2.03. The van der Waals surface area contributed by atoms with Gasteiger partial charge in [0.25, 0.3) is 0 Å². The van der Waals surface area contributed by atoms with Crippen molar-refractivity contribution in [2.24, 2.45) is 0 Å². The molecule has 0 amide bonds. The van der Waals surface area contributed by atoms with Crippen molar-refractivity contribution in [1.82, 2.24) is 4.98 Å². The van der Waals surface area contributed by atoms with Gasteiger partial charge in [0.1, 0.15) is 5.02 Å². The summed E-state index contributed by atoms with van der Waals surface area (Å²) >= 11 is 5.78. The summed E-state index contributed by atoms with van der Waals surface area (Å²) < 4.78 is 11.6. The second-order valence-corrected chi connectivity index (χ2v) is 5.58. The van der Waals surface area contributed by atoms with Crippen molar-refractivity contribution in [3.63, 3.8) is 0 Å². The Balaban J connectivity index is 2.39. The quantitative estimate of drug-likeness (QED) is 0.770. The van der Waals surface area contributed by atoms with E-state index < -0.39 is 18.3 Å². The highest BCUT2D eigenvalue weighted by atomic mass is 35.5. The Hall–Kier alpha value is -0.775. The molecule has 1 aliphatic heterocycles. The van der Waals surface area contributed by atoms with Crippen molar-refractivity contribution in [2.45, 2.75) is 38.9 Å². The van der Waals surface area contributed by atoms with E-state index in [1.54, 1.807) is 6.20 Å². The number of halogens is 1. The maximum atomic E-state index is 11.9. The number of hydrogen-bond acceptors (Lipinski definition) is 3. The summed E-state index contributed by atoms with van der Waals surface area (Å²) in [6, 6.07) is 0. The Labute approximate surface area is 105 Å². The second kappa shape index (κ2) is 3.87. The van der Waals surface area contributed by atoms with E-state index in [1.807, 2.05) is 27.7 Å². The van der Waals surface area contributed by atoms with Crippen LogP contribution in [-0.4, -0.2) is 23.3 Å². The van der Waals surface area contributed by atoms with Gasteiger partial charge in [0.2, 0.25) is 0 Å². The van der Waals surface area contributed by atoms with E-state index in [0.29, 0.717) is 5.46 Å². The van der Waals surface area contributed by atoms with Gasteiger partial charge in [0.05, 0.1) is 11.2 Å². The summed E-state index contributed by atoms with van der Waals surface area (Å²) in [4.78, 5) is 14.7. The number of H-pyrrole nitrogens is 1. The summed E-state index contributed by atoms with van der Waals surface area (Å²) in [5.74, 6) is 0. The molecule has 0 saturated carbocycles. The van der Waals surface area contributed by atoms with Crippen molar-refractivity contribution in [3.8, 4) is 0 Å². The third-order valence-electron chi connectivity index (χ3n) is 3.44. The molecule has 1 aliphatic rings. The van der Waals surface area contributed by atoms with Crippen molar-refractivity contribution in [1.29, 1.82) is 0 Å². The minimum atomic E-state index is -0.678. The van der Waals surface area contributed by atoms with Crippen molar-refractivity contribution in [2.75, 3.05) is 0 Å². The molecule has 1 aromatic heterocycles. The fourth-order valence-corrected chi connectivity index (χ4v) is 1.79. The monoisotopic (exact) mass is 255 g/mol. The molecule has 1 N–H and O–H groups in total. The van der Waals surface area contributed by atoms with Gasteiger partial charge in [-0.05, 0) is 27.7 Å². The molecule has 17 heavy (non-hydrogen) atoms. The molecule has 2 heterocycles. The predicted molar refractivity (Wildman–Crippen MR) is 67.8 cm³/mol. The zero-order chi connectivity index (χ0) is 12.8. The fourth-order valence-electron chi connectivity index (χ4n) is 1.62. The van der Waals surface area contributed by atoms with E-state index in [9.17, 15) is 4.79 Å². The maximum absolute atomic E-state index is 11.9. The summed E-state index contributed by atoms with van der Waals surface area (Å²) in [6.07, 6.45) is 3.01. The molecule has 0 spiro atoms. The Kier molecular flexibility index (Phi) is 2.88. The number of nitrogens with one attached hydrogen (secondary N) is 1. The zero-order valence-electron chi connectivity index (χ0n) is 10.3. The van der Waals surface area contributed by atoms with Gasteiger partial charge in [-0.1, -0.05) is 11.6 Å². The molecule has 2 rings (SSSR count). The average molecular weight is 256 g/mol. The summed E-state index contributed by atoms with van der Waals surface area (Å²) in [5, 5.41) is 0.136. The van der Waals surface area contributed by atoms with Crippen LogP contribution in [0.1, 0.15) is 27.7 Å². The van der Waals surface area contributed by atoms with E-state index in [0.717, 1.165) is 0 Å². The molecule has 1 aromatic rings. The molecule has 92 valence electrons. The summed E-state index contributed by atoms with van der Waals surface area (Å²) in [5.41, 5.74) is -0.793. The molecule has 0 radical (unpaired) electrons. The highest BCUT2D eigenvalue weighted by Gasteiger charge is 2.52. The molecule has 4 nitrogen and oxygen atoms in total. The van der Waals surface area contributed by atoms with E-state index in [1.165, 1.54) is 6.20 Å². The standard InChI is InChI=1S/C11H15BClNO3/c1-10(2)11(3,4)17-12(16-10)7-5-14-6-8(13)9(7)15/h5-6H,1-4H3,(H,14,15). The fraction of sp³-hybridized carbons (Fsp3) is 0.545. The first-order chi connectivity index (χ1) is 7.74. The lowest BCUT2D eigenvalue weighted by molar-refractivity contribution is 0.00578. The Morgan fingerprint density at radius 3 is 2.24 bits per heavy atom. The van der Waals surface area contributed by atoms with Gasteiger partial charge in [-0.2, -0.15) is 0 Å². The van der Waals surface area contributed by atoms with Crippen LogP contribution >= 0.6 is 11.6 Å². The Bertz CT molecular complexity index is 482. The van der Waals surface area contributed by atoms with Crippen LogP contribution < -0.4 is 10.9 Å². The van der Waals surface area contributed by atoms with Crippen LogP contribution in [0.4, 0.5) is 0 Å². The number of rotatable bonds is 1. The topological polar surface area (TPSA) is 51.3 Å². The van der Waals surface area contributed by atoms with Gasteiger partial charge in [-0.25, -0.2) is 0 Å². The van der Waals surface area contributed by atoms with Crippen molar-refractivity contribution >= 4 is 24.2 Å². The molecule has 1 saturated heterocycles. The number of pyridine rings is 1. The SMILES string of the molecule is CC1(C)OB(c2c[nH]cc(Cl)c2=O)OC1(C)C. The smallest absolute Gasteiger partial charge is 0.399 e. The summed E-state index contributed by atoms with van der Waals surface area (Å²) in [7, 11) is -0.678. The van der Waals surface area contributed by atoms with Crippen LogP contribution in [0.15, 0.2) is 17.2 Å². The molecule has 1 fully saturated rings. The summed E-state index contributed by atoms with van der Waals surface area (Å²) in [6.45, 7) is 7.74. The molecular weight excluding hydrogens is 240 g/mol. The molecular formula is C11H15BClNO3. The van der Waals surface area contributed by atoms with Crippen LogP contribution in [0.25, 0.3) is 0 Å². The first-order valence-electron chi connectivity index (χ1n) is 5.47. The third-order valence-corrected chi connectivity index (χ3v) is 3.72. The van der Waals surface area contributed by atoms with Crippen LogP contribution in [0.5, 0.6) is 0 Å². The van der Waals surface area contributed by atoms with Crippen molar-refractivity contribution < 1.29 is 9.31 Å². The van der Waals surface area contributed by atoms with Crippen LogP contribution in [0.2, 0.25) is 5.02 Å². The lowest BCUT2D eigenvalue weighted by Crippen LogP contribution is -2.44. The Morgan fingerprint density at radius 2 is 1.71 bits per heavy atom. The average Bonchev–Trinajstić information content (AvgIpc) is 2.40. The molecule has 0 bridgehead atoms. The predicted octanol–water partition coefficient (Wildman–Crippen LogP) is 1.33. The number of aromatic amines is 1. The van der Waals surface area contributed by atoms with Gasteiger partial charge >= 0.3 is 7.12 Å². The van der Waals surface area contributed by atoms with E-state index in [2.05, 4.69) is 4.98 Å².